The van der Waals surface area contributed by atoms with E-state index in [4.69, 9.17) is 0 Å². The smallest absolute Gasteiger partial charge is 0.353 e. The Morgan fingerprint density at radius 2 is 1.96 bits per heavy atom. The number of amides is 1. The van der Waals surface area contributed by atoms with Crippen molar-refractivity contribution in [2.45, 2.75) is 23.8 Å². The van der Waals surface area contributed by atoms with Crippen molar-refractivity contribution < 1.29 is 22.7 Å². The van der Waals surface area contributed by atoms with Crippen LogP contribution in [-0.4, -0.2) is 44.3 Å². The van der Waals surface area contributed by atoms with Crippen molar-refractivity contribution in [3.05, 3.63) is 42.6 Å². The van der Waals surface area contributed by atoms with Gasteiger partial charge in [-0.3, -0.25) is 4.79 Å². The average molecular weight is 338 g/mol. The van der Waals surface area contributed by atoms with Gasteiger partial charge in [0.05, 0.1) is 12.0 Å². The highest BCUT2D eigenvalue weighted by molar-refractivity contribution is 7.89. The maximum atomic E-state index is 12.7. The average Bonchev–Trinajstić information content (AvgIpc) is 3.05. The number of carbonyl (C=O) groups excluding carboxylic acids is 2. The Hall–Kier alpha value is -2.19. The van der Waals surface area contributed by atoms with Crippen LogP contribution in [0.1, 0.15) is 12.8 Å². The fourth-order valence-corrected chi connectivity index (χ4v) is 4.10. The molecular formula is C15H18N2O5S. The van der Waals surface area contributed by atoms with Crippen LogP contribution < -0.4 is 5.32 Å². The van der Waals surface area contributed by atoms with E-state index in [1.807, 2.05) is 0 Å². The van der Waals surface area contributed by atoms with Crippen LogP contribution in [0.25, 0.3) is 0 Å². The van der Waals surface area contributed by atoms with Crippen LogP contribution in [0.3, 0.4) is 0 Å². The van der Waals surface area contributed by atoms with E-state index in [9.17, 15) is 18.0 Å². The number of ether oxygens (including phenoxy) is 1. The molecule has 0 aromatic heterocycles. The molecule has 1 saturated heterocycles. The summed E-state index contributed by atoms with van der Waals surface area (Å²) in [6.07, 6.45) is 0.946. The van der Waals surface area contributed by atoms with E-state index < -0.39 is 27.9 Å². The number of hydrogen-bond acceptors (Lipinski definition) is 5. The Morgan fingerprint density at radius 3 is 2.57 bits per heavy atom. The lowest BCUT2D eigenvalue weighted by Gasteiger charge is -2.23. The number of esters is 1. The number of carbonyl (C=O) groups is 2. The molecule has 2 rings (SSSR count). The number of methoxy groups -OCH3 is 1. The molecule has 1 atom stereocenters. The van der Waals surface area contributed by atoms with Crippen LogP contribution in [0.4, 0.5) is 0 Å². The summed E-state index contributed by atoms with van der Waals surface area (Å²) >= 11 is 0. The molecule has 0 saturated carbocycles. The first-order chi connectivity index (χ1) is 10.9. The molecule has 1 aromatic carbocycles. The summed E-state index contributed by atoms with van der Waals surface area (Å²) < 4.78 is 30.9. The highest BCUT2D eigenvalue weighted by atomic mass is 32.2. The second kappa shape index (κ2) is 6.93. The van der Waals surface area contributed by atoms with Gasteiger partial charge in [0.25, 0.3) is 0 Å². The van der Waals surface area contributed by atoms with Gasteiger partial charge < -0.3 is 10.1 Å². The lowest BCUT2D eigenvalue weighted by molar-refractivity contribution is -0.138. The zero-order valence-corrected chi connectivity index (χ0v) is 13.5. The topological polar surface area (TPSA) is 92.8 Å². The summed E-state index contributed by atoms with van der Waals surface area (Å²) in [5, 5.41) is 2.31. The van der Waals surface area contributed by atoms with E-state index in [0.29, 0.717) is 12.8 Å². The molecule has 1 aromatic rings. The molecule has 1 aliphatic heterocycles. The predicted octanol–water partition coefficient (Wildman–Crippen LogP) is 0.643. The van der Waals surface area contributed by atoms with E-state index in [0.717, 1.165) is 4.31 Å². The summed E-state index contributed by atoms with van der Waals surface area (Å²) in [4.78, 5) is 23.7. The molecule has 1 fully saturated rings. The SMILES string of the molecule is C=C(NC(=O)[C@@H]1CCCN1S(=O)(=O)c1ccccc1)C(=O)OC. The lowest BCUT2D eigenvalue weighted by Crippen LogP contribution is -2.46. The van der Waals surface area contributed by atoms with E-state index in [1.54, 1.807) is 18.2 Å². The molecule has 0 bridgehead atoms. The third-order valence-electron chi connectivity index (χ3n) is 3.56. The lowest BCUT2D eigenvalue weighted by atomic mass is 10.2. The van der Waals surface area contributed by atoms with Crippen LogP contribution in [0.5, 0.6) is 0 Å². The first kappa shape index (κ1) is 17.2. The molecule has 1 aliphatic rings. The van der Waals surface area contributed by atoms with Gasteiger partial charge >= 0.3 is 5.97 Å². The van der Waals surface area contributed by atoms with Gasteiger partial charge in [-0.1, -0.05) is 24.8 Å². The van der Waals surface area contributed by atoms with E-state index in [1.165, 1.54) is 19.2 Å². The molecule has 124 valence electrons. The molecule has 0 aliphatic carbocycles. The predicted molar refractivity (Wildman–Crippen MR) is 82.7 cm³/mol. The molecule has 1 heterocycles. The minimum atomic E-state index is -3.77. The maximum absolute atomic E-state index is 12.7. The monoisotopic (exact) mass is 338 g/mol. The van der Waals surface area contributed by atoms with E-state index in [-0.39, 0.29) is 17.1 Å². The number of rotatable bonds is 5. The summed E-state index contributed by atoms with van der Waals surface area (Å²) in [6.45, 7) is 3.66. The van der Waals surface area contributed by atoms with Crippen molar-refractivity contribution >= 4 is 21.9 Å². The minimum Gasteiger partial charge on any atom is -0.464 e. The van der Waals surface area contributed by atoms with Crippen LogP contribution in [0.2, 0.25) is 0 Å². The summed E-state index contributed by atoms with van der Waals surface area (Å²) in [5.41, 5.74) is -0.221. The molecular weight excluding hydrogens is 320 g/mol. The van der Waals surface area contributed by atoms with Gasteiger partial charge in [-0.05, 0) is 25.0 Å². The second-order valence-corrected chi connectivity index (χ2v) is 6.94. The van der Waals surface area contributed by atoms with E-state index in [2.05, 4.69) is 16.6 Å². The second-order valence-electron chi connectivity index (χ2n) is 5.05. The third kappa shape index (κ3) is 3.59. The molecule has 0 radical (unpaired) electrons. The van der Waals surface area contributed by atoms with Crippen LogP contribution >= 0.6 is 0 Å². The Balaban J connectivity index is 2.19. The Labute approximate surface area is 135 Å². The first-order valence-corrected chi connectivity index (χ1v) is 8.47. The van der Waals surface area contributed by atoms with Crippen LogP contribution in [0.15, 0.2) is 47.5 Å². The zero-order valence-electron chi connectivity index (χ0n) is 12.7. The number of nitrogens with zero attached hydrogens (tertiary/aromatic N) is 1. The Bertz CT molecular complexity index is 715. The molecule has 8 heteroatoms. The molecule has 1 amide bonds. The van der Waals surface area contributed by atoms with Crippen molar-refractivity contribution in [3.8, 4) is 0 Å². The number of benzene rings is 1. The highest BCUT2D eigenvalue weighted by Crippen LogP contribution is 2.26. The number of nitrogens with one attached hydrogen (secondary N) is 1. The van der Waals surface area contributed by atoms with Crippen LogP contribution in [-0.2, 0) is 24.3 Å². The molecule has 1 N–H and O–H groups in total. The normalized spacial score (nSPS) is 18.4. The van der Waals surface area contributed by atoms with Gasteiger partial charge in [0.2, 0.25) is 15.9 Å². The number of hydrogen-bond donors (Lipinski definition) is 1. The fourth-order valence-electron chi connectivity index (χ4n) is 2.42. The maximum Gasteiger partial charge on any atom is 0.353 e. The first-order valence-electron chi connectivity index (χ1n) is 7.03. The van der Waals surface area contributed by atoms with Gasteiger partial charge in [-0.25, -0.2) is 13.2 Å². The van der Waals surface area contributed by atoms with Crippen molar-refractivity contribution in [2.75, 3.05) is 13.7 Å². The van der Waals surface area contributed by atoms with Crippen molar-refractivity contribution in [1.82, 2.24) is 9.62 Å². The van der Waals surface area contributed by atoms with Gasteiger partial charge in [0, 0.05) is 6.54 Å². The quantitative estimate of drug-likeness (QED) is 0.628. The van der Waals surface area contributed by atoms with E-state index >= 15 is 0 Å². The van der Waals surface area contributed by atoms with Gasteiger partial charge in [-0.2, -0.15) is 4.31 Å². The summed E-state index contributed by atoms with van der Waals surface area (Å²) in [6, 6.07) is 7.05. The van der Waals surface area contributed by atoms with Crippen LogP contribution in [0, 0.1) is 0 Å². The molecule has 7 nitrogen and oxygen atoms in total. The standard InChI is InChI=1S/C15H18N2O5S/c1-11(15(19)22-2)16-14(18)13-9-6-10-17(13)23(20,21)12-7-4-3-5-8-12/h3-5,7-8,13H,1,6,9-10H2,2H3,(H,16,18)/t13-/m0/s1. The van der Waals surface area contributed by atoms with Crippen molar-refractivity contribution in [2.24, 2.45) is 0 Å². The zero-order chi connectivity index (χ0) is 17.0. The summed E-state index contributed by atoms with van der Waals surface area (Å²) in [5.74, 6) is -1.36. The van der Waals surface area contributed by atoms with Gasteiger partial charge in [-0.15, -0.1) is 0 Å². The highest BCUT2D eigenvalue weighted by Gasteiger charge is 2.39. The van der Waals surface area contributed by atoms with Gasteiger partial charge in [0.15, 0.2) is 0 Å². The minimum absolute atomic E-state index is 0.131. The fraction of sp³-hybridized carbons (Fsp3) is 0.333. The Morgan fingerprint density at radius 1 is 1.30 bits per heavy atom. The van der Waals surface area contributed by atoms with Gasteiger partial charge in [0.1, 0.15) is 11.7 Å². The summed E-state index contributed by atoms with van der Waals surface area (Å²) in [7, 11) is -2.60. The van der Waals surface area contributed by atoms with Crippen molar-refractivity contribution in [1.29, 1.82) is 0 Å². The molecule has 0 unspecified atom stereocenters. The third-order valence-corrected chi connectivity index (χ3v) is 5.48. The van der Waals surface area contributed by atoms with Crippen molar-refractivity contribution in [3.63, 3.8) is 0 Å². The molecule has 23 heavy (non-hydrogen) atoms. The molecule has 0 spiro atoms. The largest absolute Gasteiger partial charge is 0.464 e. The Kier molecular flexibility index (Phi) is 5.17. The number of sulfonamides is 1.